The Balaban J connectivity index is 2.06. The molecule has 3 atom stereocenters. The molecule has 104 valence electrons. The molecule has 0 fully saturated rings. The highest BCUT2D eigenvalue weighted by Crippen LogP contribution is 2.47. The topological polar surface area (TPSA) is 34.1 Å². The number of rotatable bonds is 2. The number of carbonyl (C=O) groups is 2. The van der Waals surface area contributed by atoms with E-state index in [1.807, 2.05) is 12.1 Å². The zero-order valence-electron chi connectivity index (χ0n) is 10.8. The van der Waals surface area contributed by atoms with Crippen LogP contribution in [-0.2, 0) is 16.0 Å². The summed E-state index contributed by atoms with van der Waals surface area (Å²) in [7, 11) is 0. The van der Waals surface area contributed by atoms with Gasteiger partial charge in [0, 0.05) is 5.92 Å². The van der Waals surface area contributed by atoms with Crippen LogP contribution in [0.3, 0.4) is 0 Å². The van der Waals surface area contributed by atoms with Crippen molar-refractivity contribution in [3.63, 3.8) is 0 Å². The molecule has 2 nitrogen and oxygen atoms in total. The van der Waals surface area contributed by atoms with Gasteiger partial charge in [-0.1, -0.05) is 30.3 Å². The second kappa shape index (κ2) is 5.34. The van der Waals surface area contributed by atoms with Crippen molar-refractivity contribution in [3.8, 4) is 0 Å². The molecule has 0 N–H and O–H groups in total. The largest absolute Gasteiger partial charge is 0.281 e. The van der Waals surface area contributed by atoms with Gasteiger partial charge in [-0.15, -0.1) is 0 Å². The molecule has 20 heavy (non-hydrogen) atoms. The van der Waals surface area contributed by atoms with Gasteiger partial charge in [0.2, 0.25) is 10.5 Å². The fourth-order valence-corrected chi connectivity index (χ4v) is 4.08. The third-order valence-corrected chi connectivity index (χ3v) is 5.00. The van der Waals surface area contributed by atoms with Gasteiger partial charge in [0.25, 0.3) is 0 Å². The van der Waals surface area contributed by atoms with Crippen molar-refractivity contribution in [1.29, 1.82) is 0 Å². The average molecular weight is 309 g/mol. The molecule has 0 saturated carbocycles. The Hall–Kier alpha value is -1.12. The highest BCUT2D eigenvalue weighted by atomic mass is 35.5. The van der Waals surface area contributed by atoms with Crippen molar-refractivity contribution in [3.05, 3.63) is 41.5 Å². The van der Waals surface area contributed by atoms with Crippen molar-refractivity contribution in [2.75, 3.05) is 0 Å². The van der Waals surface area contributed by atoms with Crippen molar-refractivity contribution in [2.24, 2.45) is 17.8 Å². The molecule has 2 aliphatic rings. The molecule has 3 rings (SSSR count). The summed E-state index contributed by atoms with van der Waals surface area (Å²) in [6.07, 6.45) is 4.30. The minimum atomic E-state index is -0.491. The zero-order chi connectivity index (χ0) is 14.3. The lowest BCUT2D eigenvalue weighted by Gasteiger charge is -2.38. The van der Waals surface area contributed by atoms with Crippen LogP contribution in [0.5, 0.6) is 0 Å². The molecule has 0 saturated heterocycles. The lowest BCUT2D eigenvalue weighted by Crippen LogP contribution is -2.37. The van der Waals surface area contributed by atoms with Crippen molar-refractivity contribution < 1.29 is 9.59 Å². The standard InChI is InChI=1S/C16H14Cl2O2/c17-15(19)13-8-7-11-10-4-2-1-3-9(10)5-6-12(11)14(13)16(18)20/h1-4,7,12-14H,5-6,8H2. The van der Waals surface area contributed by atoms with Gasteiger partial charge in [-0.25, -0.2) is 0 Å². The van der Waals surface area contributed by atoms with E-state index in [1.54, 1.807) is 0 Å². The molecule has 0 aliphatic heterocycles. The molecule has 4 heteroatoms. The van der Waals surface area contributed by atoms with E-state index in [0.29, 0.717) is 6.42 Å². The normalized spacial score (nSPS) is 28.1. The van der Waals surface area contributed by atoms with Crippen molar-refractivity contribution >= 4 is 39.3 Å². The summed E-state index contributed by atoms with van der Waals surface area (Å²) in [6.45, 7) is 0. The molecule has 0 bridgehead atoms. The number of carbonyl (C=O) groups excluding carboxylic acids is 2. The maximum absolute atomic E-state index is 11.8. The second-order valence-corrected chi connectivity index (χ2v) is 6.18. The SMILES string of the molecule is O=C(Cl)C1CC=C2c3ccccc3CCC2C1C(=O)Cl. The molecule has 0 aromatic heterocycles. The summed E-state index contributed by atoms with van der Waals surface area (Å²) in [5.74, 6) is -0.966. The van der Waals surface area contributed by atoms with Gasteiger partial charge >= 0.3 is 0 Å². The van der Waals surface area contributed by atoms with Gasteiger partial charge in [-0.3, -0.25) is 9.59 Å². The van der Waals surface area contributed by atoms with Crippen LogP contribution in [0.2, 0.25) is 0 Å². The highest BCUT2D eigenvalue weighted by molar-refractivity contribution is 6.66. The molecule has 3 unspecified atom stereocenters. The number of fused-ring (bicyclic) bond motifs is 3. The molecular formula is C16H14Cl2O2. The Labute approximate surface area is 127 Å². The fourth-order valence-electron chi connectivity index (χ4n) is 3.55. The first-order chi connectivity index (χ1) is 9.59. The van der Waals surface area contributed by atoms with Crippen molar-refractivity contribution in [1.82, 2.24) is 0 Å². The van der Waals surface area contributed by atoms with Gasteiger partial charge < -0.3 is 0 Å². The van der Waals surface area contributed by atoms with Gasteiger partial charge in [0.15, 0.2) is 0 Å². The molecule has 0 spiro atoms. The van der Waals surface area contributed by atoms with E-state index in [-0.39, 0.29) is 5.92 Å². The maximum Gasteiger partial charge on any atom is 0.226 e. The molecule has 2 aliphatic carbocycles. The molecule has 1 aromatic rings. The smallest absolute Gasteiger partial charge is 0.226 e. The number of halogens is 2. The van der Waals surface area contributed by atoms with Gasteiger partial charge in [-0.2, -0.15) is 0 Å². The average Bonchev–Trinajstić information content (AvgIpc) is 2.45. The van der Waals surface area contributed by atoms with Crippen LogP contribution >= 0.6 is 23.2 Å². The summed E-state index contributed by atoms with van der Waals surface area (Å²) >= 11 is 11.4. The van der Waals surface area contributed by atoms with E-state index in [1.165, 1.54) is 11.1 Å². The van der Waals surface area contributed by atoms with Crippen LogP contribution in [0.1, 0.15) is 24.0 Å². The lowest BCUT2D eigenvalue weighted by molar-refractivity contribution is -0.125. The van der Waals surface area contributed by atoms with Gasteiger partial charge in [0.1, 0.15) is 0 Å². The van der Waals surface area contributed by atoms with E-state index in [4.69, 9.17) is 23.2 Å². The van der Waals surface area contributed by atoms with Crippen LogP contribution in [0.4, 0.5) is 0 Å². The fraction of sp³-hybridized carbons (Fsp3) is 0.375. The highest BCUT2D eigenvalue weighted by Gasteiger charge is 2.43. The summed E-state index contributed by atoms with van der Waals surface area (Å²) < 4.78 is 0. The van der Waals surface area contributed by atoms with Gasteiger partial charge in [0.05, 0.1) is 5.92 Å². The minimum absolute atomic E-state index is 0.0105. The Morgan fingerprint density at radius 1 is 1.10 bits per heavy atom. The first kappa shape index (κ1) is 13.8. The zero-order valence-corrected chi connectivity index (χ0v) is 12.3. The third kappa shape index (κ3) is 2.21. The number of benzene rings is 1. The van der Waals surface area contributed by atoms with Crippen molar-refractivity contribution in [2.45, 2.75) is 19.3 Å². The van der Waals surface area contributed by atoms with E-state index in [9.17, 15) is 9.59 Å². The van der Waals surface area contributed by atoms with E-state index in [2.05, 4.69) is 18.2 Å². The first-order valence-electron chi connectivity index (χ1n) is 6.76. The lowest BCUT2D eigenvalue weighted by atomic mass is 9.66. The third-order valence-electron chi connectivity index (χ3n) is 4.46. The van der Waals surface area contributed by atoms with Crippen LogP contribution < -0.4 is 0 Å². The minimum Gasteiger partial charge on any atom is -0.281 e. The summed E-state index contributed by atoms with van der Waals surface area (Å²) in [5.41, 5.74) is 3.64. The van der Waals surface area contributed by atoms with Crippen LogP contribution in [0.25, 0.3) is 5.57 Å². The summed E-state index contributed by atoms with van der Waals surface area (Å²) in [6, 6.07) is 8.21. The second-order valence-electron chi connectivity index (χ2n) is 5.44. The van der Waals surface area contributed by atoms with Crippen LogP contribution in [0.15, 0.2) is 30.3 Å². The predicted octanol–water partition coefficient (Wildman–Crippen LogP) is 3.80. The van der Waals surface area contributed by atoms with Gasteiger partial charge in [-0.05, 0) is 65.1 Å². The summed E-state index contributed by atoms with van der Waals surface area (Å²) in [4.78, 5) is 23.4. The molecule has 0 amide bonds. The Morgan fingerprint density at radius 3 is 2.55 bits per heavy atom. The van der Waals surface area contributed by atoms with Crippen LogP contribution in [-0.4, -0.2) is 10.5 Å². The van der Waals surface area contributed by atoms with E-state index < -0.39 is 22.3 Å². The Bertz CT molecular complexity index is 606. The molecule has 1 aromatic carbocycles. The first-order valence-corrected chi connectivity index (χ1v) is 7.52. The quantitative estimate of drug-likeness (QED) is 0.779. The Kier molecular flexibility index (Phi) is 3.70. The predicted molar refractivity (Wildman–Crippen MR) is 79.5 cm³/mol. The summed E-state index contributed by atoms with van der Waals surface area (Å²) in [5, 5.41) is -0.905. The maximum atomic E-state index is 11.8. The molecule has 0 heterocycles. The monoisotopic (exact) mass is 308 g/mol. The van der Waals surface area contributed by atoms with E-state index >= 15 is 0 Å². The number of allylic oxidation sites excluding steroid dienone is 2. The van der Waals surface area contributed by atoms with E-state index in [0.717, 1.165) is 18.4 Å². The number of aryl methyl sites for hydroxylation is 1. The number of hydrogen-bond acceptors (Lipinski definition) is 2. The van der Waals surface area contributed by atoms with Crippen LogP contribution in [0, 0.1) is 17.8 Å². The number of hydrogen-bond donors (Lipinski definition) is 0. The molecule has 0 radical (unpaired) electrons. The Morgan fingerprint density at radius 2 is 1.85 bits per heavy atom. The molecular weight excluding hydrogens is 295 g/mol.